The van der Waals surface area contributed by atoms with Crippen molar-refractivity contribution in [2.24, 2.45) is 0 Å². The van der Waals surface area contributed by atoms with Gasteiger partial charge < -0.3 is 4.42 Å². The molecule has 3 rings (SSSR count). The Bertz CT molecular complexity index is 772. The van der Waals surface area contributed by atoms with E-state index in [4.69, 9.17) is 4.42 Å². The Labute approximate surface area is 124 Å². The van der Waals surface area contributed by atoms with Crippen molar-refractivity contribution in [2.75, 3.05) is 4.31 Å². The Kier molecular flexibility index (Phi) is 3.09. The van der Waals surface area contributed by atoms with E-state index >= 15 is 0 Å². The van der Waals surface area contributed by atoms with Gasteiger partial charge in [-0.25, -0.2) is 13.4 Å². The largest absolute Gasteiger partial charge is 0.443 e. The molecule has 0 N–H and O–H groups in total. The SMILES string of the molecule is CC(C)(C)c1cnc(CN2c3ccccc3CS2(=O)=O)o1. The fourth-order valence-corrected chi connectivity index (χ4v) is 3.91. The summed E-state index contributed by atoms with van der Waals surface area (Å²) in [7, 11) is -3.34. The molecule has 1 aromatic heterocycles. The van der Waals surface area contributed by atoms with E-state index in [1.807, 2.05) is 45.0 Å². The summed E-state index contributed by atoms with van der Waals surface area (Å²) in [6, 6.07) is 7.33. The van der Waals surface area contributed by atoms with Crippen LogP contribution in [0.3, 0.4) is 0 Å². The molecule has 1 aliphatic heterocycles. The van der Waals surface area contributed by atoms with Gasteiger partial charge in [-0.05, 0) is 11.6 Å². The number of anilines is 1. The maximum Gasteiger partial charge on any atom is 0.239 e. The second-order valence-corrected chi connectivity index (χ2v) is 8.15. The lowest BCUT2D eigenvalue weighted by molar-refractivity contribution is 0.383. The quantitative estimate of drug-likeness (QED) is 0.856. The number of hydrogen-bond donors (Lipinski definition) is 0. The van der Waals surface area contributed by atoms with Gasteiger partial charge in [0, 0.05) is 5.41 Å². The fourth-order valence-electron chi connectivity index (χ4n) is 2.34. The van der Waals surface area contributed by atoms with E-state index in [9.17, 15) is 8.42 Å². The van der Waals surface area contributed by atoms with E-state index in [0.717, 1.165) is 11.3 Å². The summed E-state index contributed by atoms with van der Waals surface area (Å²) < 4.78 is 31.6. The lowest BCUT2D eigenvalue weighted by Crippen LogP contribution is -2.26. The van der Waals surface area contributed by atoms with Gasteiger partial charge in [-0.3, -0.25) is 4.31 Å². The molecule has 1 aliphatic rings. The molecule has 0 spiro atoms. The number of sulfonamides is 1. The zero-order valence-corrected chi connectivity index (χ0v) is 13.1. The third kappa shape index (κ3) is 2.55. The second-order valence-electron chi connectivity index (χ2n) is 6.26. The molecule has 1 aromatic carbocycles. The molecule has 0 fully saturated rings. The molecule has 0 radical (unpaired) electrons. The first-order valence-corrected chi connectivity index (χ1v) is 8.42. The topological polar surface area (TPSA) is 63.4 Å². The predicted octanol–water partition coefficient (Wildman–Crippen LogP) is 2.82. The van der Waals surface area contributed by atoms with Gasteiger partial charge in [0.25, 0.3) is 0 Å². The van der Waals surface area contributed by atoms with Crippen LogP contribution in [0.2, 0.25) is 0 Å². The highest BCUT2D eigenvalue weighted by Gasteiger charge is 2.34. The Balaban J connectivity index is 1.93. The molecule has 2 heterocycles. The summed E-state index contributed by atoms with van der Waals surface area (Å²) in [4.78, 5) is 4.21. The van der Waals surface area contributed by atoms with Gasteiger partial charge in [-0.2, -0.15) is 0 Å². The summed E-state index contributed by atoms with van der Waals surface area (Å²) >= 11 is 0. The maximum absolute atomic E-state index is 12.3. The molecule has 0 unspecified atom stereocenters. The Morgan fingerprint density at radius 3 is 2.67 bits per heavy atom. The van der Waals surface area contributed by atoms with E-state index in [1.54, 1.807) is 6.20 Å². The molecule has 0 saturated carbocycles. The van der Waals surface area contributed by atoms with Gasteiger partial charge >= 0.3 is 0 Å². The molecule has 21 heavy (non-hydrogen) atoms. The first-order valence-electron chi connectivity index (χ1n) is 6.81. The van der Waals surface area contributed by atoms with Crippen LogP contribution in [0.4, 0.5) is 5.69 Å². The normalized spacial score (nSPS) is 17.0. The minimum absolute atomic E-state index is 0.0377. The van der Waals surface area contributed by atoms with Crippen LogP contribution in [0.15, 0.2) is 34.9 Å². The number of para-hydroxylation sites is 1. The van der Waals surface area contributed by atoms with Gasteiger partial charge in [0.2, 0.25) is 15.9 Å². The minimum atomic E-state index is -3.34. The zero-order chi connectivity index (χ0) is 15.3. The van der Waals surface area contributed by atoms with Crippen LogP contribution in [-0.2, 0) is 27.7 Å². The average molecular weight is 306 g/mol. The number of aromatic nitrogens is 1. The molecule has 0 atom stereocenters. The molecule has 2 aromatic rings. The molecule has 6 heteroatoms. The van der Waals surface area contributed by atoms with Gasteiger partial charge in [0.15, 0.2) is 0 Å². The van der Waals surface area contributed by atoms with Crippen LogP contribution in [0.25, 0.3) is 0 Å². The highest BCUT2D eigenvalue weighted by Crippen LogP contribution is 2.34. The molecule has 0 bridgehead atoms. The molecule has 0 aliphatic carbocycles. The molecule has 5 nitrogen and oxygen atoms in total. The number of hydrogen-bond acceptors (Lipinski definition) is 4. The van der Waals surface area contributed by atoms with Crippen molar-refractivity contribution in [1.29, 1.82) is 0 Å². The van der Waals surface area contributed by atoms with Crippen molar-refractivity contribution in [3.8, 4) is 0 Å². The smallest absolute Gasteiger partial charge is 0.239 e. The maximum atomic E-state index is 12.3. The van der Waals surface area contributed by atoms with Crippen LogP contribution in [0, 0.1) is 0 Å². The number of nitrogens with zero attached hydrogens (tertiary/aromatic N) is 2. The second kappa shape index (κ2) is 4.59. The van der Waals surface area contributed by atoms with E-state index < -0.39 is 10.0 Å². The third-order valence-electron chi connectivity index (χ3n) is 3.51. The van der Waals surface area contributed by atoms with Crippen molar-refractivity contribution in [1.82, 2.24) is 4.98 Å². The third-order valence-corrected chi connectivity index (χ3v) is 5.18. The van der Waals surface area contributed by atoms with Crippen LogP contribution in [0.1, 0.15) is 38.0 Å². The molecule has 0 amide bonds. The van der Waals surface area contributed by atoms with Gasteiger partial charge in [0.05, 0.1) is 17.6 Å². The lowest BCUT2D eigenvalue weighted by atomic mass is 9.94. The summed E-state index contributed by atoms with van der Waals surface area (Å²) in [6.07, 6.45) is 1.67. The van der Waals surface area contributed by atoms with Crippen LogP contribution in [0.5, 0.6) is 0 Å². The van der Waals surface area contributed by atoms with Gasteiger partial charge in [-0.1, -0.05) is 39.0 Å². The number of rotatable bonds is 2. The Morgan fingerprint density at radius 1 is 1.29 bits per heavy atom. The molecule has 0 saturated heterocycles. The van der Waals surface area contributed by atoms with Crippen molar-refractivity contribution >= 4 is 15.7 Å². The molecular weight excluding hydrogens is 288 g/mol. The standard InChI is InChI=1S/C15H18N2O3S/c1-15(2,3)13-8-16-14(20-13)9-17-12-7-5-4-6-11(12)10-21(17,18)19/h4-8H,9-10H2,1-3H3. The summed E-state index contributed by atoms with van der Waals surface area (Å²) in [5.41, 5.74) is 1.39. The fraction of sp³-hybridized carbons (Fsp3) is 0.400. The van der Waals surface area contributed by atoms with E-state index in [0.29, 0.717) is 11.6 Å². The Hall–Kier alpha value is -1.82. The number of benzene rings is 1. The number of oxazole rings is 1. The Morgan fingerprint density at radius 2 is 2.00 bits per heavy atom. The number of fused-ring (bicyclic) bond motifs is 1. The van der Waals surface area contributed by atoms with E-state index in [2.05, 4.69) is 4.98 Å². The highest BCUT2D eigenvalue weighted by atomic mass is 32.2. The van der Waals surface area contributed by atoms with Crippen molar-refractivity contribution in [3.05, 3.63) is 47.7 Å². The van der Waals surface area contributed by atoms with Crippen LogP contribution in [-0.4, -0.2) is 13.4 Å². The van der Waals surface area contributed by atoms with Crippen molar-refractivity contribution in [3.63, 3.8) is 0 Å². The molecule has 112 valence electrons. The van der Waals surface area contributed by atoms with Crippen LogP contribution >= 0.6 is 0 Å². The summed E-state index contributed by atoms with van der Waals surface area (Å²) in [5.74, 6) is 1.21. The average Bonchev–Trinajstić information content (AvgIpc) is 2.93. The highest BCUT2D eigenvalue weighted by molar-refractivity contribution is 7.92. The van der Waals surface area contributed by atoms with Gasteiger partial charge in [-0.15, -0.1) is 0 Å². The predicted molar refractivity (Wildman–Crippen MR) is 80.5 cm³/mol. The summed E-state index contributed by atoms with van der Waals surface area (Å²) in [5, 5.41) is 0. The van der Waals surface area contributed by atoms with Crippen LogP contribution < -0.4 is 4.31 Å². The van der Waals surface area contributed by atoms with Gasteiger partial charge in [0.1, 0.15) is 12.3 Å². The lowest BCUT2D eigenvalue weighted by Gasteiger charge is -2.17. The minimum Gasteiger partial charge on any atom is -0.443 e. The molecular formula is C15H18N2O3S. The van der Waals surface area contributed by atoms with E-state index in [1.165, 1.54) is 4.31 Å². The zero-order valence-electron chi connectivity index (χ0n) is 12.3. The van der Waals surface area contributed by atoms with E-state index in [-0.39, 0.29) is 17.7 Å². The summed E-state index contributed by atoms with van der Waals surface area (Å²) in [6.45, 7) is 6.22. The monoisotopic (exact) mass is 306 g/mol. The first-order chi connectivity index (χ1) is 9.77. The first kappa shape index (κ1) is 14.1. The van der Waals surface area contributed by atoms with Crippen molar-refractivity contribution < 1.29 is 12.8 Å². The van der Waals surface area contributed by atoms with Crippen molar-refractivity contribution in [2.45, 2.75) is 38.5 Å².